The first-order valence-electron chi connectivity index (χ1n) is 9.72. The molecule has 1 aliphatic rings. The van der Waals surface area contributed by atoms with Crippen molar-refractivity contribution in [2.24, 2.45) is 10.9 Å². The quantitative estimate of drug-likeness (QED) is 0.371. The maximum atomic E-state index is 13.8. The molecule has 0 aromatic heterocycles. The van der Waals surface area contributed by atoms with E-state index >= 15 is 0 Å². The molecule has 2 N–H and O–H groups in total. The molecule has 0 saturated carbocycles. The summed E-state index contributed by atoms with van der Waals surface area (Å²) in [6, 6.07) is 3.00. The molecule has 0 aliphatic carbocycles. The number of ether oxygens (including phenoxy) is 3. The van der Waals surface area contributed by atoms with Gasteiger partial charge in [-0.1, -0.05) is 13.8 Å². The standard InChI is InChI=1S/C20H32FN3O3/c1-4-22-20(23-7-5-9-25-12-15(2)3)24-8-6-16-10-18(21)11-17-13-26-14-27-19(16)17/h10-11,15H,4-9,12-14H2,1-3H3,(H2,22,23,24). The van der Waals surface area contributed by atoms with Crippen LogP contribution >= 0.6 is 0 Å². The topological polar surface area (TPSA) is 64.1 Å². The molecule has 152 valence electrons. The molecule has 0 radical (unpaired) electrons. The van der Waals surface area contributed by atoms with E-state index in [2.05, 4.69) is 29.5 Å². The Bertz CT molecular complexity index is 608. The van der Waals surface area contributed by atoms with E-state index in [4.69, 9.17) is 14.2 Å². The Kier molecular flexibility index (Phi) is 9.35. The first-order chi connectivity index (χ1) is 13.1. The van der Waals surface area contributed by atoms with Crippen LogP contribution in [-0.4, -0.2) is 45.6 Å². The molecule has 6 nitrogen and oxygen atoms in total. The van der Waals surface area contributed by atoms with Crippen LogP contribution in [0.2, 0.25) is 0 Å². The normalized spacial score (nSPS) is 14.0. The zero-order chi connectivity index (χ0) is 19.5. The van der Waals surface area contributed by atoms with Crippen molar-refractivity contribution in [1.82, 2.24) is 10.6 Å². The van der Waals surface area contributed by atoms with E-state index in [1.807, 2.05) is 6.92 Å². The minimum atomic E-state index is -0.264. The molecule has 1 heterocycles. The minimum Gasteiger partial charge on any atom is -0.467 e. The lowest BCUT2D eigenvalue weighted by atomic mass is 10.1. The van der Waals surface area contributed by atoms with Gasteiger partial charge in [0.25, 0.3) is 0 Å². The molecule has 27 heavy (non-hydrogen) atoms. The molecule has 0 bridgehead atoms. The van der Waals surface area contributed by atoms with Crippen LogP contribution in [0.3, 0.4) is 0 Å². The number of hydrogen-bond donors (Lipinski definition) is 2. The van der Waals surface area contributed by atoms with E-state index in [1.165, 1.54) is 12.1 Å². The van der Waals surface area contributed by atoms with E-state index in [-0.39, 0.29) is 12.6 Å². The van der Waals surface area contributed by atoms with Gasteiger partial charge in [0.05, 0.1) is 6.61 Å². The second-order valence-corrected chi connectivity index (χ2v) is 6.92. The Morgan fingerprint density at radius 3 is 2.96 bits per heavy atom. The molecule has 1 aliphatic heterocycles. The van der Waals surface area contributed by atoms with E-state index in [0.29, 0.717) is 32.0 Å². The number of fused-ring (bicyclic) bond motifs is 1. The van der Waals surface area contributed by atoms with Gasteiger partial charge in [-0.3, -0.25) is 4.99 Å². The molecule has 1 aromatic carbocycles. The van der Waals surface area contributed by atoms with Gasteiger partial charge in [-0.25, -0.2) is 4.39 Å². The summed E-state index contributed by atoms with van der Waals surface area (Å²) in [6.07, 6.45) is 1.52. The van der Waals surface area contributed by atoms with Crippen molar-refractivity contribution >= 4 is 5.96 Å². The van der Waals surface area contributed by atoms with Gasteiger partial charge in [0.15, 0.2) is 12.8 Å². The monoisotopic (exact) mass is 381 g/mol. The van der Waals surface area contributed by atoms with Gasteiger partial charge in [-0.15, -0.1) is 0 Å². The highest BCUT2D eigenvalue weighted by Crippen LogP contribution is 2.29. The third-order valence-corrected chi connectivity index (χ3v) is 3.95. The van der Waals surface area contributed by atoms with E-state index in [0.717, 1.165) is 49.0 Å². The lowest BCUT2D eigenvalue weighted by Crippen LogP contribution is -2.38. The maximum absolute atomic E-state index is 13.8. The average Bonchev–Trinajstić information content (AvgIpc) is 2.64. The number of hydrogen-bond acceptors (Lipinski definition) is 4. The Hall–Kier alpha value is -1.86. The van der Waals surface area contributed by atoms with Gasteiger partial charge in [-0.05, 0) is 43.4 Å². The van der Waals surface area contributed by atoms with Crippen LogP contribution in [0.1, 0.15) is 38.3 Å². The van der Waals surface area contributed by atoms with Crippen LogP contribution in [0.5, 0.6) is 5.75 Å². The van der Waals surface area contributed by atoms with Crippen LogP contribution < -0.4 is 15.4 Å². The average molecular weight is 381 g/mol. The zero-order valence-corrected chi connectivity index (χ0v) is 16.6. The number of nitrogens with one attached hydrogen (secondary N) is 2. The molecule has 0 amide bonds. The Morgan fingerprint density at radius 2 is 2.19 bits per heavy atom. The van der Waals surface area contributed by atoms with Gasteiger partial charge in [0.1, 0.15) is 11.6 Å². The molecule has 2 rings (SSSR count). The predicted molar refractivity (Wildman–Crippen MR) is 105 cm³/mol. The van der Waals surface area contributed by atoms with Crippen molar-refractivity contribution in [1.29, 1.82) is 0 Å². The fraction of sp³-hybridized carbons (Fsp3) is 0.650. The predicted octanol–water partition coefficient (Wildman–Crippen LogP) is 2.85. The third kappa shape index (κ3) is 7.72. The van der Waals surface area contributed by atoms with Gasteiger partial charge in [0.2, 0.25) is 0 Å². The summed E-state index contributed by atoms with van der Waals surface area (Å²) in [5.41, 5.74) is 1.61. The molecule has 0 atom stereocenters. The summed E-state index contributed by atoms with van der Waals surface area (Å²) < 4.78 is 30.1. The van der Waals surface area contributed by atoms with Crippen molar-refractivity contribution in [3.8, 4) is 5.75 Å². The lowest BCUT2D eigenvalue weighted by Gasteiger charge is -2.21. The number of guanidine groups is 1. The lowest BCUT2D eigenvalue weighted by molar-refractivity contribution is -0.0172. The highest BCUT2D eigenvalue weighted by atomic mass is 19.1. The Labute approximate surface area is 161 Å². The smallest absolute Gasteiger partial charge is 0.191 e. The van der Waals surface area contributed by atoms with Gasteiger partial charge < -0.3 is 24.8 Å². The highest BCUT2D eigenvalue weighted by Gasteiger charge is 2.16. The van der Waals surface area contributed by atoms with Crippen molar-refractivity contribution in [2.45, 2.75) is 40.2 Å². The van der Waals surface area contributed by atoms with E-state index in [9.17, 15) is 4.39 Å². The van der Waals surface area contributed by atoms with Crippen molar-refractivity contribution in [3.63, 3.8) is 0 Å². The van der Waals surface area contributed by atoms with E-state index in [1.54, 1.807) is 0 Å². The summed E-state index contributed by atoms with van der Waals surface area (Å²) in [6.45, 7) is 10.5. The minimum absolute atomic E-state index is 0.210. The first-order valence-corrected chi connectivity index (χ1v) is 9.72. The summed E-state index contributed by atoms with van der Waals surface area (Å²) in [4.78, 5) is 4.56. The SMILES string of the molecule is CCNC(=NCCCOCC(C)C)NCCc1cc(F)cc2c1OCOC2. The summed E-state index contributed by atoms with van der Waals surface area (Å²) >= 11 is 0. The molecule has 7 heteroatoms. The van der Waals surface area contributed by atoms with Gasteiger partial charge >= 0.3 is 0 Å². The van der Waals surface area contributed by atoms with Crippen LogP contribution in [0.4, 0.5) is 4.39 Å². The number of nitrogens with zero attached hydrogens (tertiary/aromatic N) is 1. The van der Waals surface area contributed by atoms with Crippen LogP contribution in [0, 0.1) is 11.7 Å². The fourth-order valence-electron chi connectivity index (χ4n) is 2.78. The molecule has 0 spiro atoms. The number of rotatable bonds is 10. The van der Waals surface area contributed by atoms with Crippen molar-refractivity contribution < 1.29 is 18.6 Å². The number of halogens is 1. The summed E-state index contributed by atoms with van der Waals surface area (Å²) in [7, 11) is 0. The van der Waals surface area contributed by atoms with Crippen LogP contribution in [0.25, 0.3) is 0 Å². The Morgan fingerprint density at radius 1 is 1.33 bits per heavy atom. The highest BCUT2D eigenvalue weighted by molar-refractivity contribution is 5.79. The van der Waals surface area contributed by atoms with Crippen LogP contribution in [0.15, 0.2) is 17.1 Å². The molecule has 0 saturated heterocycles. The summed E-state index contributed by atoms with van der Waals surface area (Å²) in [5.74, 6) is 1.79. The maximum Gasteiger partial charge on any atom is 0.191 e. The molecule has 0 unspecified atom stereocenters. The molecule has 1 aromatic rings. The van der Waals surface area contributed by atoms with Crippen molar-refractivity contribution in [3.05, 3.63) is 29.1 Å². The first kappa shape index (κ1) is 21.4. The molecular formula is C20H32FN3O3. The van der Waals surface area contributed by atoms with Crippen molar-refractivity contribution in [2.75, 3.05) is 39.6 Å². The number of benzene rings is 1. The number of aliphatic imine (C=N–C) groups is 1. The summed E-state index contributed by atoms with van der Waals surface area (Å²) in [5, 5.41) is 6.52. The fourth-order valence-corrected chi connectivity index (χ4v) is 2.78. The third-order valence-electron chi connectivity index (χ3n) is 3.95. The molecule has 0 fully saturated rings. The molecular weight excluding hydrogens is 349 g/mol. The van der Waals surface area contributed by atoms with Gasteiger partial charge in [-0.2, -0.15) is 0 Å². The van der Waals surface area contributed by atoms with Gasteiger partial charge in [0, 0.05) is 38.4 Å². The second-order valence-electron chi connectivity index (χ2n) is 6.92. The van der Waals surface area contributed by atoms with E-state index < -0.39 is 0 Å². The Balaban J connectivity index is 1.80. The van der Waals surface area contributed by atoms with Crippen LogP contribution in [-0.2, 0) is 22.5 Å². The zero-order valence-electron chi connectivity index (χ0n) is 16.6. The largest absolute Gasteiger partial charge is 0.467 e. The second kappa shape index (κ2) is 11.8.